The molecule has 1 N–H and O–H groups in total. The van der Waals surface area contributed by atoms with E-state index < -0.39 is 0 Å². The predicted molar refractivity (Wildman–Crippen MR) is 108 cm³/mol. The molecular formula is C18H19Cl2NOS2. The number of carbonyl (C=O) groups excluding carboxylic acids is 1. The molecule has 2 nitrogen and oxygen atoms in total. The maximum Gasteiger partial charge on any atom is 0.230 e. The van der Waals surface area contributed by atoms with Gasteiger partial charge in [0.15, 0.2) is 0 Å². The van der Waals surface area contributed by atoms with E-state index in [2.05, 4.69) is 11.4 Å². The van der Waals surface area contributed by atoms with Gasteiger partial charge in [0.05, 0.1) is 5.75 Å². The first-order valence-electron chi connectivity index (χ1n) is 7.54. The van der Waals surface area contributed by atoms with E-state index >= 15 is 0 Å². The van der Waals surface area contributed by atoms with Crippen molar-refractivity contribution in [1.82, 2.24) is 5.32 Å². The van der Waals surface area contributed by atoms with Crippen LogP contribution in [0.25, 0.3) is 0 Å². The number of benzene rings is 2. The van der Waals surface area contributed by atoms with E-state index in [4.69, 9.17) is 23.2 Å². The van der Waals surface area contributed by atoms with Crippen molar-refractivity contribution in [3.63, 3.8) is 0 Å². The van der Waals surface area contributed by atoms with Gasteiger partial charge in [-0.25, -0.2) is 0 Å². The molecule has 0 saturated carbocycles. The Labute approximate surface area is 161 Å². The average molecular weight is 400 g/mol. The number of carbonyl (C=O) groups is 1. The SMILES string of the molecule is O=C(CSCc1cccc(Cl)c1)NCCSCc1cccc(Cl)c1. The van der Waals surface area contributed by atoms with Crippen LogP contribution in [0.15, 0.2) is 48.5 Å². The Morgan fingerprint density at radius 2 is 1.50 bits per heavy atom. The highest BCUT2D eigenvalue weighted by molar-refractivity contribution is 7.99. The molecule has 0 spiro atoms. The number of nitrogens with one attached hydrogen (secondary N) is 1. The molecule has 0 aliphatic rings. The first-order valence-corrected chi connectivity index (χ1v) is 10.6. The van der Waals surface area contributed by atoms with Crippen molar-refractivity contribution in [2.24, 2.45) is 0 Å². The summed E-state index contributed by atoms with van der Waals surface area (Å²) in [6, 6.07) is 15.6. The third-order valence-electron chi connectivity index (χ3n) is 3.12. The molecule has 24 heavy (non-hydrogen) atoms. The van der Waals surface area contributed by atoms with E-state index in [9.17, 15) is 4.79 Å². The summed E-state index contributed by atoms with van der Waals surface area (Å²) in [6.45, 7) is 0.682. The molecule has 0 atom stereocenters. The summed E-state index contributed by atoms with van der Waals surface area (Å²) in [5.41, 5.74) is 2.34. The minimum atomic E-state index is 0.0744. The van der Waals surface area contributed by atoms with Crippen molar-refractivity contribution in [3.8, 4) is 0 Å². The Hall–Kier alpha value is -0.810. The minimum absolute atomic E-state index is 0.0744. The van der Waals surface area contributed by atoms with Crippen molar-refractivity contribution in [1.29, 1.82) is 0 Å². The first kappa shape index (κ1) is 19.5. The zero-order chi connectivity index (χ0) is 17.2. The molecule has 0 aliphatic carbocycles. The van der Waals surface area contributed by atoms with Crippen molar-refractivity contribution >= 4 is 52.6 Å². The second-order valence-electron chi connectivity index (χ2n) is 5.16. The summed E-state index contributed by atoms with van der Waals surface area (Å²) in [6.07, 6.45) is 0. The van der Waals surface area contributed by atoms with Gasteiger partial charge in [0, 0.05) is 33.8 Å². The lowest BCUT2D eigenvalue weighted by Gasteiger charge is -2.06. The number of hydrogen-bond donors (Lipinski definition) is 1. The Kier molecular flexibility index (Phi) is 8.89. The van der Waals surface area contributed by atoms with Crippen LogP contribution in [-0.4, -0.2) is 24.0 Å². The fourth-order valence-electron chi connectivity index (χ4n) is 2.02. The van der Waals surface area contributed by atoms with Crippen LogP contribution >= 0.6 is 46.7 Å². The molecule has 0 saturated heterocycles. The largest absolute Gasteiger partial charge is 0.355 e. The zero-order valence-corrected chi connectivity index (χ0v) is 16.3. The first-order chi connectivity index (χ1) is 11.6. The van der Waals surface area contributed by atoms with Gasteiger partial charge in [-0.15, -0.1) is 11.8 Å². The molecule has 0 bridgehead atoms. The highest BCUT2D eigenvalue weighted by Gasteiger charge is 2.02. The maximum atomic E-state index is 11.8. The number of hydrogen-bond acceptors (Lipinski definition) is 3. The van der Waals surface area contributed by atoms with Crippen LogP contribution in [-0.2, 0) is 16.3 Å². The van der Waals surface area contributed by atoms with E-state index in [1.165, 1.54) is 5.56 Å². The number of halogens is 2. The normalized spacial score (nSPS) is 10.6. The number of amides is 1. The van der Waals surface area contributed by atoms with Gasteiger partial charge in [-0.2, -0.15) is 11.8 Å². The molecule has 6 heteroatoms. The summed E-state index contributed by atoms with van der Waals surface area (Å²) in [5.74, 6) is 3.12. The van der Waals surface area contributed by atoms with Crippen LogP contribution in [0.2, 0.25) is 10.0 Å². The van der Waals surface area contributed by atoms with Crippen molar-refractivity contribution in [3.05, 3.63) is 69.7 Å². The summed E-state index contributed by atoms with van der Waals surface area (Å²) in [4.78, 5) is 11.8. The summed E-state index contributed by atoms with van der Waals surface area (Å²) < 4.78 is 0. The molecule has 0 radical (unpaired) electrons. The molecular weight excluding hydrogens is 381 g/mol. The summed E-state index contributed by atoms with van der Waals surface area (Å²) in [7, 11) is 0. The third-order valence-corrected chi connectivity index (χ3v) is 5.62. The Morgan fingerprint density at radius 3 is 2.08 bits per heavy atom. The van der Waals surface area contributed by atoms with Gasteiger partial charge in [0.2, 0.25) is 5.91 Å². The fraction of sp³-hybridized carbons (Fsp3) is 0.278. The molecule has 0 unspecified atom stereocenters. The smallest absolute Gasteiger partial charge is 0.230 e. The lowest BCUT2D eigenvalue weighted by atomic mass is 10.2. The summed E-state index contributed by atoms with van der Waals surface area (Å²) >= 11 is 15.3. The van der Waals surface area contributed by atoms with Crippen molar-refractivity contribution < 1.29 is 4.79 Å². The van der Waals surface area contributed by atoms with Crippen LogP contribution in [0.5, 0.6) is 0 Å². The monoisotopic (exact) mass is 399 g/mol. The second kappa shape index (κ2) is 10.9. The Bertz CT molecular complexity index is 667. The third kappa shape index (κ3) is 7.84. The zero-order valence-electron chi connectivity index (χ0n) is 13.1. The van der Waals surface area contributed by atoms with Gasteiger partial charge in [-0.1, -0.05) is 47.5 Å². The molecule has 128 valence electrons. The molecule has 0 aromatic heterocycles. The van der Waals surface area contributed by atoms with Gasteiger partial charge in [-0.3, -0.25) is 4.79 Å². The second-order valence-corrected chi connectivity index (χ2v) is 8.12. The van der Waals surface area contributed by atoms with Gasteiger partial charge in [0.25, 0.3) is 0 Å². The van der Waals surface area contributed by atoms with E-state index in [-0.39, 0.29) is 5.91 Å². The van der Waals surface area contributed by atoms with Crippen LogP contribution in [0, 0.1) is 0 Å². The fourth-order valence-corrected chi connectivity index (χ4v) is 4.06. The van der Waals surface area contributed by atoms with Crippen LogP contribution in [0.1, 0.15) is 11.1 Å². The van der Waals surface area contributed by atoms with Crippen LogP contribution < -0.4 is 5.32 Å². The molecule has 2 rings (SSSR count). The van der Waals surface area contributed by atoms with E-state index in [0.717, 1.165) is 32.9 Å². The van der Waals surface area contributed by atoms with Gasteiger partial charge < -0.3 is 5.32 Å². The van der Waals surface area contributed by atoms with Gasteiger partial charge in [-0.05, 0) is 35.4 Å². The summed E-state index contributed by atoms with van der Waals surface area (Å²) in [5, 5.41) is 4.44. The number of rotatable bonds is 9. The van der Waals surface area contributed by atoms with Crippen molar-refractivity contribution in [2.75, 3.05) is 18.1 Å². The Balaban J connectivity index is 1.53. The predicted octanol–water partition coefficient (Wildman–Crippen LogP) is 5.28. The minimum Gasteiger partial charge on any atom is -0.355 e. The molecule has 0 heterocycles. The number of thioether (sulfide) groups is 2. The van der Waals surface area contributed by atoms with Crippen LogP contribution in [0.3, 0.4) is 0 Å². The quantitative estimate of drug-likeness (QED) is 0.581. The molecule has 1 amide bonds. The maximum absolute atomic E-state index is 11.8. The van der Waals surface area contributed by atoms with Gasteiger partial charge >= 0.3 is 0 Å². The van der Waals surface area contributed by atoms with E-state index in [1.807, 2.05) is 42.5 Å². The lowest BCUT2D eigenvalue weighted by molar-refractivity contribution is -0.118. The lowest BCUT2D eigenvalue weighted by Crippen LogP contribution is -2.27. The standard InChI is InChI=1S/C18H19Cl2NOS2/c19-16-5-1-3-14(9-16)11-23-8-7-21-18(22)13-24-12-15-4-2-6-17(20)10-15/h1-6,9-10H,7-8,11-13H2,(H,21,22). The highest BCUT2D eigenvalue weighted by Crippen LogP contribution is 2.17. The molecule has 2 aromatic carbocycles. The molecule has 2 aromatic rings. The van der Waals surface area contributed by atoms with Crippen LogP contribution in [0.4, 0.5) is 0 Å². The van der Waals surface area contributed by atoms with Gasteiger partial charge in [0.1, 0.15) is 0 Å². The molecule has 0 aliphatic heterocycles. The molecule has 0 fully saturated rings. The van der Waals surface area contributed by atoms with E-state index in [0.29, 0.717) is 12.3 Å². The van der Waals surface area contributed by atoms with Crippen molar-refractivity contribution in [2.45, 2.75) is 11.5 Å². The highest BCUT2D eigenvalue weighted by atomic mass is 35.5. The van der Waals surface area contributed by atoms with E-state index in [1.54, 1.807) is 23.5 Å². The topological polar surface area (TPSA) is 29.1 Å². The Morgan fingerprint density at radius 1 is 0.917 bits per heavy atom. The average Bonchev–Trinajstić information content (AvgIpc) is 2.55.